The van der Waals surface area contributed by atoms with Crippen LogP contribution in [0.15, 0.2) is 24.3 Å². The molecule has 0 saturated carbocycles. The lowest BCUT2D eigenvalue weighted by atomic mass is 10.1. The van der Waals surface area contributed by atoms with E-state index in [9.17, 15) is 0 Å². The molecule has 1 rings (SSSR count). The molecule has 4 heteroatoms. The van der Waals surface area contributed by atoms with Crippen molar-refractivity contribution >= 4 is 8.80 Å². The minimum absolute atomic E-state index is 0.809. The molecule has 0 aliphatic heterocycles. The zero-order chi connectivity index (χ0) is 12.7. The van der Waals surface area contributed by atoms with Crippen LogP contribution < -0.4 is 0 Å². The number of aryl methyl sites for hydroxylation is 2. The summed E-state index contributed by atoms with van der Waals surface area (Å²) in [6.07, 6.45) is 1.99. The molecule has 0 heterocycles. The second-order valence-electron chi connectivity index (χ2n) is 3.97. The fourth-order valence-electron chi connectivity index (χ4n) is 1.86. The number of rotatable bonds is 7. The Bertz CT molecular complexity index is 329. The van der Waals surface area contributed by atoms with Gasteiger partial charge in [0.2, 0.25) is 0 Å². The van der Waals surface area contributed by atoms with E-state index in [2.05, 4.69) is 31.2 Å². The average Bonchev–Trinajstić information content (AvgIpc) is 2.41. The van der Waals surface area contributed by atoms with Gasteiger partial charge >= 0.3 is 8.80 Å². The van der Waals surface area contributed by atoms with Crippen LogP contribution in [-0.4, -0.2) is 30.1 Å². The van der Waals surface area contributed by atoms with Crippen molar-refractivity contribution in [1.82, 2.24) is 0 Å². The summed E-state index contributed by atoms with van der Waals surface area (Å²) in [4.78, 5) is 0. The van der Waals surface area contributed by atoms with Crippen molar-refractivity contribution in [3.63, 3.8) is 0 Å². The predicted molar refractivity (Wildman–Crippen MR) is 71.1 cm³/mol. The van der Waals surface area contributed by atoms with Gasteiger partial charge in [-0.3, -0.25) is 0 Å². The van der Waals surface area contributed by atoms with Crippen molar-refractivity contribution in [3.8, 4) is 0 Å². The molecule has 0 bridgehead atoms. The highest BCUT2D eigenvalue weighted by atomic mass is 28.4. The molecule has 3 nitrogen and oxygen atoms in total. The molecule has 0 aliphatic rings. The largest absolute Gasteiger partial charge is 0.500 e. The van der Waals surface area contributed by atoms with Gasteiger partial charge in [-0.1, -0.05) is 31.2 Å². The molecule has 0 unspecified atom stereocenters. The van der Waals surface area contributed by atoms with Crippen LogP contribution in [0.4, 0.5) is 0 Å². The van der Waals surface area contributed by atoms with Gasteiger partial charge in [0.25, 0.3) is 0 Å². The molecule has 0 spiro atoms. The standard InChI is InChI=1S/C13H22O3Si/c1-5-12-7-6-8-13(11-12)9-10-17(14-2,15-3)16-4/h6-8,11H,5,9-10H2,1-4H3. The van der Waals surface area contributed by atoms with Crippen LogP contribution in [0.5, 0.6) is 0 Å². The van der Waals surface area contributed by atoms with Crippen molar-refractivity contribution in [1.29, 1.82) is 0 Å². The molecule has 0 N–H and O–H groups in total. The summed E-state index contributed by atoms with van der Waals surface area (Å²) in [6.45, 7) is 2.16. The molecule has 0 radical (unpaired) electrons. The second-order valence-corrected chi connectivity index (χ2v) is 7.06. The Morgan fingerprint density at radius 2 is 1.59 bits per heavy atom. The monoisotopic (exact) mass is 254 g/mol. The summed E-state index contributed by atoms with van der Waals surface area (Å²) in [5, 5.41) is 0. The summed E-state index contributed by atoms with van der Waals surface area (Å²) in [6, 6.07) is 9.43. The molecular formula is C13H22O3Si. The van der Waals surface area contributed by atoms with Gasteiger partial charge in [0.15, 0.2) is 0 Å². The maximum atomic E-state index is 5.41. The number of benzene rings is 1. The van der Waals surface area contributed by atoms with Crippen molar-refractivity contribution < 1.29 is 13.3 Å². The van der Waals surface area contributed by atoms with Crippen LogP contribution in [0.3, 0.4) is 0 Å². The molecule has 0 fully saturated rings. The molecule has 0 atom stereocenters. The third-order valence-electron chi connectivity index (χ3n) is 3.05. The van der Waals surface area contributed by atoms with E-state index in [1.165, 1.54) is 11.1 Å². The van der Waals surface area contributed by atoms with E-state index in [0.717, 1.165) is 18.9 Å². The smallest absolute Gasteiger partial charge is 0.377 e. The van der Waals surface area contributed by atoms with Crippen molar-refractivity contribution in [3.05, 3.63) is 35.4 Å². The highest BCUT2D eigenvalue weighted by Crippen LogP contribution is 2.17. The normalized spacial score (nSPS) is 11.8. The van der Waals surface area contributed by atoms with Gasteiger partial charge in [0.1, 0.15) is 0 Å². The first-order chi connectivity index (χ1) is 8.19. The summed E-state index contributed by atoms with van der Waals surface area (Å²) in [7, 11) is 2.54. The zero-order valence-corrected chi connectivity index (χ0v) is 12.2. The Kier molecular flexibility index (Phi) is 5.84. The third-order valence-corrected chi connectivity index (χ3v) is 5.78. The summed E-state index contributed by atoms with van der Waals surface area (Å²) in [5.74, 6) is 0. The molecule has 1 aromatic carbocycles. The molecule has 96 valence electrons. The fraction of sp³-hybridized carbons (Fsp3) is 0.538. The van der Waals surface area contributed by atoms with Gasteiger partial charge in [-0.05, 0) is 24.0 Å². The number of hydrogen-bond acceptors (Lipinski definition) is 3. The SMILES string of the molecule is CCc1cccc(CC[Si](OC)(OC)OC)c1. The van der Waals surface area contributed by atoms with Crippen LogP contribution in [-0.2, 0) is 26.1 Å². The Morgan fingerprint density at radius 3 is 2.12 bits per heavy atom. The second kappa shape index (κ2) is 6.91. The molecule has 0 amide bonds. The maximum Gasteiger partial charge on any atom is 0.500 e. The molecule has 0 aliphatic carbocycles. The molecule has 0 aromatic heterocycles. The molecule has 1 aromatic rings. The lowest BCUT2D eigenvalue weighted by Crippen LogP contribution is -2.43. The zero-order valence-electron chi connectivity index (χ0n) is 11.2. The van der Waals surface area contributed by atoms with Gasteiger partial charge in [-0.2, -0.15) is 0 Å². The van der Waals surface area contributed by atoms with Crippen LogP contribution in [0.25, 0.3) is 0 Å². The van der Waals surface area contributed by atoms with Crippen LogP contribution >= 0.6 is 0 Å². The van der Waals surface area contributed by atoms with Crippen molar-refractivity contribution in [2.45, 2.75) is 25.8 Å². The van der Waals surface area contributed by atoms with Gasteiger partial charge in [0.05, 0.1) is 0 Å². The number of hydrogen-bond donors (Lipinski definition) is 0. The average molecular weight is 254 g/mol. The topological polar surface area (TPSA) is 27.7 Å². The Balaban J connectivity index is 2.65. The van der Waals surface area contributed by atoms with Gasteiger partial charge < -0.3 is 13.3 Å². The van der Waals surface area contributed by atoms with Crippen molar-refractivity contribution in [2.75, 3.05) is 21.3 Å². The summed E-state index contributed by atoms with van der Waals surface area (Å²) in [5.41, 5.74) is 2.68. The minimum atomic E-state index is -2.43. The molecule has 0 saturated heterocycles. The van der Waals surface area contributed by atoms with E-state index >= 15 is 0 Å². The van der Waals surface area contributed by atoms with Gasteiger partial charge in [0, 0.05) is 27.4 Å². The van der Waals surface area contributed by atoms with E-state index in [1.54, 1.807) is 21.3 Å². The predicted octanol–water partition coefficient (Wildman–Crippen LogP) is 2.67. The Labute approximate surface area is 105 Å². The van der Waals surface area contributed by atoms with Crippen LogP contribution in [0.1, 0.15) is 18.1 Å². The van der Waals surface area contributed by atoms with E-state index in [1.807, 2.05) is 0 Å². The Hall–Kier alpha value is -0.683. The summed E-state index contributed by atoms with van der Waals surface area (Å²) < 4.78 is 16.2. The first-order valence-electron chi connectivity index (χ1n) is 5.93. The fourth-order valence-corrected chi connectivity index (χ4v) is 3.57. The lowest BCUT2D eigenvalue weighted by molar-refractivity contribution is 0.123. The highest BCUT2D eigenvalue weighted by molar-refractivity contribution is 6.60. The van der Waals surface area contributed by atoms with Crippen LogP contribution in [0, 0.1) is 0 Å². The highest BCUT2D eigenvalue weighted by Gasteiger charge is 2.37. The van der Waals surface area contributed by atoms with Crippen molar-refractivity contribution in [2.24, 2.45) is 0 Å². The summed E-state index contributed by atoms with van der Waals surface area (Å²) >= 11 is 0. The van der Waals surface area contributed by atoms with E-state index in [4.69, 9.17) is 13.3 Å². The van der Waals surface area contributed by atoms with E-state index < -0.39 is 8.80 Å². The van der Waals surface area contributed by atoms with Gasteiger partial charge in [-0.25, -0.2) is 0 Å². The van der Waals surface area contributed by atoms with Gasteiger partial charge in [-0.15, -0.1) is 0 Å². The quantitative estimate of drug-likeness (QED) is 0.700. The Morgan fingerprint density at radius 1 is 1.00 bits per heavy atom. The van der Waals surface area contributed by atoms with E-state index in [0.29, 0.717) is 0 Å². The maximum absolute atomic E-state index is 5.41. The first kappa shape index (κ1) is 14.4. The minimum Gasteiger partial charge on any atom is -0.377 e. The molecule has 17 heavy (non-hydrogen) atoms. The third kappa shape index (κ3) is 3.92. The first-order valence-corrected chi connectivity index (χ1v) is 7.86. The molecular weight excluding hydrogens is 232 g/mol. The van der Waals surface area contributed by atoms with Crippen LogP contribution in [0.2, 0.25) is 6.04 Å². The lowest BCUT2D eigenvalue weighted by Gasteiger charge is -2.24. The van der Waals surface area contributed by atoms with E-state index in [-0.39, 0.29) is 0 Å².